The Labute approximate surface area is 68.7 Å². The van der Waals surface area contributed by atoms with E-state index in [0.717, 1.165) is 17.8 Å². The van der Waals surface area contributed by atoms with Crippen molar-refractivity contribution < 1.29 is 0 Å². The van der Waals surface area contributed by atoms with Crippen LogP contribution >= 0.6 is 0 Å². The van der Waals surface area contributed by atoms with E-state index < -0.39 is 0 Å². The Morgan fingerprint density at radius 3 is 2.27 bits per heavy atom. The molecule has 0 spiro atoms. The third-order valence-electron chi connectivity index (χ3n) is 3.35. The molecule has 0 heterocycles. The maximum Gasteiger partial charge on any atom is 0.0139 e. The summed E-state index contributed by atoms with van der Waals surface area (Å²) in [6.45, 7) is 4.58. The zero-order valence-electron chi connectivity index (χ0n) is 7.33. The average Bonchev–Trinajstić information content (AvgIpc) is 2.44. The summed E-state index contributed by atoms with van der Waals surface area (Å²) in [7, 11) is 0. The van der Waals surface area contributed by atoms with Crippen LogP contribution in [0.4, 0.5) is 0 Å². The zero-order chi connectivity index (χ0) is 8.01. The molecule has 0 saturated heterocycles. The second kappa shape index (κ2) is 2.34. The highest BCUT2D eigenvalue weighted by atomic mass is 14.7. The number of hydrogen-bond donors (Lipinski definition) is 1. The van der Waals surface area contributed by atoms with Gasteiger partial charge in [-0.15, -0.1) is 0 Å². The van der Waals surface area contributed by atoms with Gasteiger partial charge in [-0.2, -0.15) is 0 Å². The topological polar surface area (TPSA) is 26.0 Å². The summed E-state index contributed by atoms with van der Waals surface area (Å²) in [6, 6.07) is 0.449. The molecule has 0 aromatic heterocycles. The molecule has 62 valence electrons. The fourth-order valence-corrected chi connectivity index (χ4v) is 2.84. The summed E-state index contributed by atoms with van der Waals surface area (Å²) >= 11 is 0. The molecule has 11 heavy (non-hydrogen) atoms. The predicted molar refractivity (Wildman–Crippen MR) is 47.0 cm³/mol. The van der Waals surface area contributed by atoms with E-state index in [1.54, 1.807) is 0 Å². The van der Waals surface area contributed by atoms with E-state index in [2.05, 4.69) is 26.0 Å². The molecule has 0 aliphatic heterocycles. The van der Waals surface area contributed by atoms with Crippen molar-refractivity contribution in [3.05, 3.63) is 12.2 Å². The first-order valence-electron chi connectivity index (χ1n) is 4.64. The zero-order valence-corrected chi connectivity index (χ0v) is 7.33. The van der Waals surface area contributed by atoms with Crippen LogP contribution in [0.15, 0.2) is 12.2 Å². The van der Waals surface area contributed by atoms with Crippen LogP contribution in [-0.2, 0) is 0 Å². The van der Waals surface area contributed by atoms with Gasteiger partial charge in [0.15, 0.2) is 0 Å². The van der Waals surface area contributed by atoms with Gasteiger partial charge in [0.05, 0.1) is 0 Å². The van der Waals surface area contributed by atoms with E-state index in [0.29, 0.717) is 12.0 Å². The molecule has 4 atom stereocenters. The minimum Gasteiger partial charge on any atom is -0.327 e. The molecule has 2 bridgehead atoms. The molecule has 0 aromatic carbocycles. The van der Waals surface area contributed by atoms with Crippen LogP contribution in [0.2, 0.25) is 0 Å². The van der Waals surface area contributed by atoms with Gasteiger partial charge in [-0.25, -0.2) is 0 Å². The molecule has 2 aliphatic rings. The molecular formula is C10H17N. The SMILES string of the molecule is CC(C)C1[C@H]2C=C[C@H](C2)[C@H]1N. The molecule has 1 unspecified atom stereocenters. The van der Waals surface area contributed by atoms with E-state index in [1.807, 2.05) is 0 Å². The summed E-state index contributed by atoms with van der Waals surface area (Å²) in [5.41, 5.74) is 6.11. The molecule has 0 radical (unpaired) electrons. The highest BCUT2D eigenvalue weighted by Gasteiger charge is 2.43. The van der Waals surface area contributed by atoms with Crippen LogP contribution < -0.4 is 5.73 Å². The van der Waals surface area contributed by atoms with E-state index in [9.17, 15) is 0 Å². The average molecular weight is 151 g/mol. The Hall–Kier alpha value is -0.300. The lowest BCUT2D eigenvalue weighted by molar-refractivity contribution is 0.294. The minimum atomic E-state index is 0.449. The fraction of sp³-hybridized carbons (Fsp3) is 0.800. The standard InChI is InChI=1S/C10H17N/c1-6(2)9-7-3-4-8(5-7)10(9)11/h3-4,6-10H,5,11H2,1-2H3/t7-,8+,9?,10+/m0/s1. The minimum absolute atomic E-state index is 0.449. The second-order valence-corrected chi connectivity index (χ2v) is 4.35. The van der Waals surface area contributed by atoms with Crippen LogP contribution in [0.5, 0.6) is 0 Å². The first-order valence-corrected chi connectivity index (χ1v) is 4.64. The Kier molecular flexibility index (Phi) is 1.57. The molecule has 0 amide bonds. The van der Waals surface area contributed by atoms with Crippen LogP contribution in [0.1, 0.15) is 20.3 Å². The van der Waals surface area contributed by atoms with E-state index in [-0.39, 0.29) is 0 Å². The normalized spacial score (nSPS) is 47.6. The number of fused-ring (bicyclic) bond motifs is 2. The molecule has 1 nitrogen and oxygen atoms in total. The molecule has 1 heteroatoms. The monoisotopic (exact) mass is 151 g/mol. The Bertz CT molecular complexity index is 183. The van der Waals surface area contributed by atoms with Crippen LogP contribution in [-0.4, -0.2) is 6.04 Å². The highest BCUT2D eigenvalue weighted by Crippen LogP contribution is 2.45. The third kappa shape index (κ3) is 0.943. The van der Waals surface area contributed by atoms with Crippen LogP contribution in [0.3, 0.4) is 0 Å². The van der Waals surface area contributed by atoms with Gasteiger partial charge in [0, 0.05) is 6.04 Å². The van der Waals surface area contributed by atoms with Gasteiger partial charge in [-0.05, 0) is 30.1 Å². The van der Waals surface area contributed by atoms with Crippen molar-refractivity contribution in [3.63, 3.8) is 0 Å². The molecule has 0 aromatic rings. The maximum absolute atomic E-state index is 6.11. The Morgan fingerprint density at radius 2 is 1.91 bits per heavy atom. The lowest BCUT2D eigenvalue weighted by atomic mass is 9.81. The number of nitrogens with two attached hydrogens (primary N) is 1. The fourth-order valence-electron chi connectivity index (χ4n) is 2.84. The van der Waals surface area contributed by atoms with Crippen molar-refractivity contribution in [2.75, 3.05) is 0 Å². The smallest absolute Gasteiger partial charge is 0.0139 e. The predicted octanol–water partition coefficient (Wildman–Crippen LogP) is 1.79. The van der Waals surface area contributed by atoms with Gasteiger partial charge >= 0.3 is 0 Å². The summed E-state index contributed by atoms with van der Waals surface area (Å²) < 4.78 is 0. The van der Waals surface area contributed by atoms with Gasteiger partial charge in [0.2, 0.25) is 0 Å². The number of hydrogen-bond acceptors (Lipinski definition) is 1. The quantitative estimate of drug-likeness (QED) is 0.568. The van der Waals surface area contributed by atoms with Crippen molar-refractivity contribution in [2.24, 2.45) is 29.4 Å². The third-order valence-corrected chi connectivity index (χ3v) is 3.35. The Morgan fingerprint density at radius 1 is 1.27 bits per heavy atom. The van der Waals surface area contributed by atoms with Crippen molar-refractivity contribution in [1.82, 2.24) is 0 Å². The first kappa shape index (κ1) is 7.35. The van der Waals surface area contributed by atoms with E-state index in [4.69, 9.17) is 5.73 Å². The summed E-state index contributed by atoms with van der Waals surface area (Å²) in [4.78, 5) is 0. The highest BCUT2D eigenvalue weighted by molar-refractivity contribution is 5.15. The van der Waals surface area contributed by atoms with Gasteiger partial charge < -0.3 is 5.73 Å². The molecule has 1 saturated carbocycles. The van der Waals surface area contributed by atoms with Gasteiger partial charge in [-0.3, -0.25) is 0 Å². The maximum atomic E-state index is 6.11. The molecule has 2 N–H and O–H groups in total. The number of allylic oxidation sites excluding steroid dienone is 1. The van der Waals surface area contributed by atoms with Crippen molar-refractivity contribution >= 4 is 0 Å². The second-order valence-electron chi connectivity index (χ2n) is 4.35. The molecule has 2 aliphatic carbocycles. The molecule has 2 rings (SSSR count). The van der Waals surface area contributed by atoms with E-state index in [1.165, 1.54) is 6.42 Å². The Balaban J connectivity index is 2.18. The van der Waals surface area contributed by atoms with Crippen LogP contribution in [0, 0.1) is 23.7 Å². The van der Waals surface area contributed by atoms with Crippen molar-refractivity contribution in [1.29, 1.82) is 0 Å². The van der Waals surface area contributed by atoms with Crippen molar-refractivity contribution in [3.8, 4) is 0 Å². The first-order chi connectivity index (χ1) is 5.20. The van der Waals surface area contributed by atoms with Gasteiger partial charge in [0.1, 0.15) is 0 Å². The lowest BCUT2D eigenvalue weighted by Crippen LogP contribution is -2.36. The molecule has 1 fully saturated rings. The van der Waals surface area contributed by atoms with Crippen molar-refractivity contribution in [2.45, 2.75) is 26.3 Å². The molecular weight excluding hydrogens is 134 g/mol. The largest absolute Gasteiger partial charge is 0.327 e. The van der Waals surface area contributed by atoms with E-state index >= 15 is 0 Å². The summed E-state index contributed by atoms with van der Waals surface area (Å²) in [5.74, 6) is 3.01. The summed E-state index contributed by atoms with van der Waals surface area (Å²) in [6.07, 6.45) is 6.01. The van der Waals surface area contributed by atoms with Gasteiger partial charge in [-0.1, -0.05) is 26.0 Å². The van der Waals surface area contributed by atoms with Crippen LogP contribution in [0.25, 0.3) is 0 Å². The number of rotatable bonds is 1. The van der Waals surface area contributed by atoms with Gasteiger partial charge in [0.25, 0.3) is 0 Å². The lowest BCUT2D eigenvalue weighted by Gasteiger charge is -2.27. The summed E-state index contributed by atoms with van der Waals surface area (Å²) in [5, 5.41) is 0.